The van der Waals surface area contributed by atoms with Crippen LogP contribution in [0.4, 0.5) is 5.69 Å². The van der Waals surface area contributed by atoms with Crippen LogP contribution in [0.25, 0.3) is 0 Å². The van der Waals surface area contributed by atoms with Gasteiger partial charge in [0.1, 0.15) is 5.82 Å². The smallest absolute Gasteiger partial charge is 0.257 e. The van der Waals surface area contributed by atoms with Gasteiger partial charge in [-0.15, -0.1) is 0 Å². The Balaban J connectivity index is 1.70. The first-order chi connectivity index (χ1) is 11.5. The van der Waals surface area contributed by atoms with Crippen LogP contribution in [0.3, 0.4) is 0 Å². The van der Waals surface area contributed by atoms with Crippen molar-refractivity contribution in [1.29, 1.82) is 0 Å². The number of benzene rings is 1. The minimum atomic E-state index is 0.00923. The number of nitrogens with zero attached hydrogens (tertiary/aromatic N) is 4. The molecule has 6 heteroatoms. The molecule has 0 spiro atoms. The molecule has 3 rings (SSSR count). The molecule has 1 saturated heterocycles. The highest BCUT2D eigenvalue weighted by molar-refractivity contribution is 6.30. The second-order valence-electron chi connectivity index (χ2n) is 6.13. The van der Waals surface area contributed by atoms with Crippen LogP contribution < -0.4 is 4.90 Å². The molecule has 0 radical (unpaired) electrons. The van der Waals surface area contributed by atoms with Crippen LogP contribution in [-0.4, -0.2) is 47.0 Å². The molecular weight excluding hydrogens is 324 g/mol. The van der Waals surface area contributed by atoms with E-state index in [4.69, 9.17) is 11.6 Å². The fraction of sp³-hybridized carbons (Fsp3) is 0.389. The maximum atomic E-state index is 12.7. The topological polar surface area (TPSA) is 49.3 Å². The van der Waals surface area contributed by atoms with Gasteiger partial charge in [-0.25, -0.2) is 9.97 Å². The first-order valence-corrected chi connectivity index (χ1v) is 8.44. The molecule has 0 bridgehead atoms. The molecule has 24 heavy (non-hydrogen) atoms. The van der Waals surface area contributed by atoms with E-state index in [9.17, 15) is 4.79 Å². The Labute approximate surface area is 147 Å². The Kier molecular flexibility index (Phi) is 4.71. The summed E-state index contributed by atoms with van der Waals surface area (Å²) in [5, 5.41) is 0.738. The number of carbonyl (C=O) groups is 1. The Morgan fingerprint density at radius 1 is 1.12 bits per heavy atom. The Hall–Kier alpha value is -2.14. The monoisotopic (exact) mass is 344 g/mol. The van der Waals surface area contributed by atoms with Gasteiger partial charge in [0.15, 0.2) is 0 Å². The second kappa shape index (κ2) is 6.77. The first-order valence-electron chi connectivity index (χ1n) is 8.06. The van der Waals surface area contributed by atoms with Crippen molar-refractivity contribution in [3.8, 4) is 0 Å². The lowest BCUT2D eigenvalue weighted by atomic mass is 10.1. The molecular formula is C18H21ClN4O. The van der Waals surface area contributed by atoms with Crippen molar-refractivity contribution in [1.82, 2.24) is 14.9 Å². The normalized spacial score (nSPS) is 14.8. The van der Waals surface area contributed by atoms with E-state index in [-0.39, 0.29) is 5.91 Å². The van der Waals surface area contributed by atoms with Gasteiger partial charge in [-0.3, -0.25) is 4.79 Å². The molecule has 0 saturated carbocycles. The molecule has 1 aliphatic heterocycles. The summed E-state index contributed by atoms with van der Waals surface area (Å²) in [5.74, 6) is 0.695. The molecule has 2 aromatic rings. The van der Waals surface area contributed by atoms with Crippen molar-refractivity contribution in [2.24, 2.45) is 0 Å². The second-order valence-corrected chi connectivity index (χ2v) is 6.56. The Morgan fingerprint density at radius 2 is 1.83 bits per heavy atom. The van der Waals surface area contributed by atoms with Crippen molar-refractivity contribution >= 4 is 23.2 Å². The number of hydrogen-bond acceptors (Lipinski definition) is 4. The van der Waals surface area contributed by atoms with Gasteiger partial charge in [0.05, 0.1) is 11.3 Å². The van der Waals surface area contributed by atoms with E-state index in [0.717, 1.165) is 29.5 Å². The van der Waals surface area contributed by atoms with Crippen LogP contribution >= 0.6 is 11.6 Å². The third-order valence-corrected chi connectivity index (χ3v) is 4.64. The zero-order valence-corrected chi connectivity index (χ0v) is 15.0. The van der Waals surface area contributed by atoms with Crippen molar-refractivity contribution in [3.63, 3.8) is 0 Å². The molecule has 1 fully saturated rings. The molecule has 0 atom stereocenters. The van der Waals surface area contributed by atoms with Crippen molar-refractivity contribution in [2.45, 2.75) is 20.8 Å². The van der Waals surface area contributed by atoms with Gasteiger partial charge < -0.3 is 9.80 Å². The van der Waals surface area contributed by atoms with Gasteiger partial charge in [-0.2, -0.15) is 0 Å². The lowest BCUT2D eigenvalue weighted by Gasteiger charge is -2.37. The maximum absolute atomic E-state index is 12.7. The predicted molar refractivity (Wildman–Crippen MR) is 95.8 cm³/mol. The van der Waals surface area contributed by atoms with Crippen molar-refractivity contribution < 1.29 is 4.79 Å². The van der Waals surface area contributed by atoms with E-state index < -0.39 is 0 Å². The summed E-state index contributed by atoms with van der Waals surface area (Å²) >= 11 is 6.12. The summed E-state index contributed by atoms with van der Waals surface area (Å²) in [6.07, 6.45) is 1.63. The largest absolute Gasteiger partial charge is 0.368 e. The number of amides is 1. The highest BCUT2D eigenvalue weighted by Gasteiger charge is 2.24. The average Bonchev–Trinajstić information content (AvgIpc) is 2.57. The van der Waals surface area contributed by atoms with E-state index >= 15 is 0 Å². The lowest BCUT2D eigenvalue weighted by molar-refractivity contribution is 0.0745. The molecule has 0 N–H and O–H groups in total. The molecule has 1 aliphatic rings. The molecule has 0 unspecified atom stereocenters. The molecule has 1 aromatic carbocycles. The van der Waals surface area contributed by atoms with E-state index in [1.807, 2.05) is 36.9 Å². The molecule has 0 aliphatic carbocycles. The third-order valence-electron chi connectivity index (χ3n) is 4.41. The van der Waals surface area contributed by atoms with E-state index in [1.54, 1.807) is 6.20 Å². The number of aryl methyl sites for hydroxylation is 3. The number of rotatable bonds is 2. The van der Waals surface area contributed by atoms with Gasteiger partial charge in [-0.05, 0) is 38.5 Å². The lowest BCUT2D eigenvalue weighted by Crippen LogP contribution is -2.49. The standard InChI is InChI=1S/C18H21ClN4O/c1-12-4-5-15(19)10-17(12)22-6-8-23(9-7-22)18(24)16-11-20-14(3)21-13(16)2/h4-5,10-11H,6-9H2,1-3H3. The fourth-order valence-corrected chi connectivity index (χ4v) is 3.20. The van der Waals surface area contributed by atoms with E-state index in [1.165, 1.54) is 5.56 Å². The Bertz CT molecular complexity index is 770. The number of carbonyl (C=O) groups excluding carboxylic acids is 1. The third kappa shape index (κ3) is 3.36. The summed E-state index contributed by atoms with van der Waals surface area (Å²) in [6.45, 7) is 8.70. The van der Waals surface area contributed by atoms with E-state index in [2.05, 4.69) is 21.8 Å². The zero-order valence-electron chi connectivity index (χ0n) is 14.2. The summed E-state index contributed by atoms with van der Waals surface area (Å²) in [5.41, 5.74) is 3.67. The summed E-state index contributed by atoms with van der Waals surface area (Å²) < 4.78 is 0. The predicted octanol–water partition coefficient (Wildman–Crippen LogP) is 3.02. The van der Waals surface area contributed by atoms with Gasteiger partial charge in [-0.1, -0.05) is 17.7 Å². The molecule has 1 aromatic heterocycles. The summed E-state index contributed by atoms with van der Waals surface area (Å²) in [4.78, 5) is 25.3. The quantitative estimate of drug-likeness (QED) is 0.840. The maximum Gasteiger partial charge on any atom is 0.257 e. The number of hydrogen-bond donors (Lipinski definition) is 0. The molecule has 2 heterocycles. The molecule has 126 valence electrons. The minimum absolute atomic E-state index is 0.00923. The molecule has 5 nitrogen and oxygen atoms in total. The van der Waals surface area contributed by atoms with Crippen molar-refractivity contribution in [2.75, 3.05) is 31.1 Å². The number of halogens is 1. The fourth-order valence-electron chi connectivity index (χ4n) is 3.04. The van der Waals surface area contributed by atoms with Crippen LogP contribution in [0.5, 0.6) is 0 Å². The van der Waals surface area contributed by atoms with Gasteiger partial charge in [0.25, 0.3) is 5.91 Å². The van der Waals surface area contributed by atoms with Gasteiger partial charge >= 0.3 is 0 Å². The van der Waals surface area contributed by atoms with Crippen LogP contribution in [0, 0.1) is 20.8 Å². The number of piperazine rings is 1. The number of aromatic nitrogens is 2. The summed E-state index contributed by atoms with van der Waals surface area (Å²) in [7, 11) is 0. The minimum Gasteiger partial charge on any atom is -0.368 e. The highest BCUT2D eigenvalue weighted by Crippen LogP contribution is 2.25. The van der Waals surface area contributed by atoms with E-state index in [0.29, 0.717) is 24.5 Å². The molecule has 1 amide bonds. The number of anilines is 1. The highest BCUT2D eigenvalue weighted by atomic mass is 35.5. The Morgan fingerprint density at radius 3 is 2.50 bits per heavy atom. The zero-order chi connectivity index (χ0) is 17.3. The average molecular weight is 345 g/mol. The first kappa shape index (κ1) is 16.7. The van der Waals surface area contributed by atoms with Crippen LogP contribution in [0.15, 0.2) is 24.4 Å². The van der Waals surface area contributed by atoms with Crippen LogP contribution in [0.1, 0.15) is 27.4 Å². The van der Waals surface area contributed by atoms with Crippen LogP contribution in [0.2, 0.25) is 5.02 Å². The van der Waals surface area contributed by atoms with Crippen LogP contribution in [-0.2, 0) is 0 Å². The van der Waals surface area contributed by atoms with Crippen molar-refractivity contribution in [3.05, 3.63) is 52.1 Å². The van der Waals surface area contributed by atoms with Gasteiger partial charge in [0, 0.05) is 43.1 Å². The SMILES string of the molecule is Cc1ncc(C(=O)N2CCN(c3cc(Cl)ccc3C)CC2)c(C)n1. The summed E-state index contributed by atoms with van der Waals surface area (Å²) in [6, 6.07) is 5.93. The van der Waals surface area contributed by atoms with Gasteiger partial charge in [0.2, 0.25) is 0 Å².